The first-order valence-corrected chi connectivity index (χ1v) is 8.78. The van der Waals surface area contributed by atoms with Crippen LogP contribution in [-0.4, -0.2) is 24.3 Å². The zero-order valence-corrected chi connectivity index (χ0v) is 16.0. The summed E-state index contributed by atoms with van der Waals surface area (Å²) in [5.74, 6) is -0.704. The van der Waals surface area contributed by atoms with E-state index in [4.69, 9.17) is 21.0 Å². The molecule has 0 saturated heterocycles. The van der Waals surface area contributed by atoms with Gasteiger partial charge in [-0.25, -0.2) is 4.79 Å². The fourth-order valence-electron chi connectivity index (χ4n) is 1.51. The van der Waals surface area contributed by atoms with Crippen LogP contribution in [0.5, 0.6) is 5.75 Å². The maximum atomic E-state index is 11.9. The number of carbonyl (C=O) groups excluding carboxylic acids is 2. The normalized spacial score (nSPS) is 11.2. The number of amides is 1. The highest BCUT2D eigenvalue weighted by Crippen LogP contribution is 2.32. The standard InChI is InChI=1S/C14H11Br2N3O4S/c15-9-5-10(24-12(9)16)14(21)23-19-13(18)7-1-3-8(4-2-7)22-6-11(17)20/h1-5H,6H2,(H2,17,20)(H2,18,19). The highest BCUT2D eigenvalue weighted by Gasteiger charge is 2.14. The molecule has 24 heavy (non-hydrogen) atoms. The molecule has 1 aromatic carbocycles. The first kappa shape index (κ1) is 18.4. The first-order chi connectivity index (χ1) is 11.4. The summed E-state index contributed by atoms with van der Waals surface area (Å²) in [5.41, 5.74) is 11.3. The van der Waals surface area contributed by atoms with Crippen LogP contribution in [0.25, 0.3) is 0 Å². The number of rotatable bonds is 6. The van der Waals surface area contributed by atoms with Crippen molar-refractivity contribution in [2.45, 2.75) is 0 Å². The SMILES string of the molecule is NC(=O)COc1ccc(/C(N)=N/OC(=O)c2cc(Br)c(Br)s2)cc1. The lowest BCUT2D eigenvalue weighted by molar-refractivity contribution is -0.119. The van der Waals surface area contributed by atoms with Gasteiger partial charge in [0, 0.05) is 10.0 Å². The van der Waals surface area contributed by atoms with E-state index in [9.17, 15) is 9.59 Å². The lowest BCUT2D eigenvalue weighted by Crippen LogP contribution is -2.20. The molecule has 126 valence electrons. The molecule has 0 aliphatic carbocycles. The molecule has 0 unspecified atom stereocenters. The minimum absolute atomic E-state index is 0.0273. The van der Waals surface area contributed by atoms with Crippen molar-refractivity contribution < 1.29 is 19.2 Å². The smallest absolute Gasteiger partial charge is 0.375 e. The Morgan fingerprint density at radius 2 is 1.83 bits per heavy atom. The number of hydrogen-bond donors (Lipinski definition) is 2. The van der Waals surface area contributed by atoms with Crippen LogP contribution >= 0.6 is 43.2 Å². The molecule has 0 aliphatic rings. The maximum absolute atomic E-state index is 11.9. The van der Waals surface area contributed by atoms with Gasteiger partial charge in [0.05, 0.1) is 3.79 Å². The summed E-state index contributed by atoms with van der Waals surface area (Å²) in [6, 6.07) is 8.03. The molecule has 0 atom stereocenters. The predicted molar refractivity (Wildman–Crippen MR) is 97.0 cm³/mol. The summed E-state index contributed by atoms with van der Waals surface area (Å²) in [4.78, 5) is 27.7. The number of primary amides is 1. The fraction of sp³-hybridized carbons (Fsp3) is 0.0714. The van der Waals surface area contributed by atoms with Gasteiger partial charge in [0.25, 0.3) is 5.91 Å². The van der Waals surface area contributed by atoms with Gasteiger partial charge < -0.3 is 21.0 Å². The van der Waals surface area contributed by atoms with Crippen LogP contribution in [0.3, 0.4) is 0 Å². The lowest BCUT2D eigenvalue weighted by atomic mass is 10.2. The van der Waals surface area contributed by atoms with E-state index >= 15 is 0 Å². The summed E-state index contributed by atoms with van der Waals surface area (Å²) in [5, 5.41) is 3.62. The fourth-order valence-corrected chi connectivity index (χ4v) is 3.42. The number of hydrogen-bond acceptors (Lipinski definition) is 6. The van der Waals surface area contributed by atoms with Crippen molar-refractivity contribution in [1.82, 2.24) is 0 Å². The summed E-state index contributed by atoms with van der Waals surface area (Å²) >= 11 is 7.79. The average molecular weight is 477 g/mol. The van der Waals surface area contributed by atoms with E-state index in [0.29, 0.717) is 16.2 Å². The van der Waals surface area contributed by atoms with E-state index in [0.717, 1.165) is 8.26 Å². The quantitative estimate of drug-likeness (QED) is 0.287. The molecule has 0 radical (unpaired) electrons. The van der Waals surface area contributed by atoms with Crippen molar-refractivity contribution in [2.24, 2.45) is 16.6 Å². The number of ether oxygens (including phenoxy) is 1. The Kier molecular flexibility index (Phi) is 6.35. The van der Waals surface area contributed by atoms with Gasteiger partial charge in [-0.1, -0.05) is 5.16 Å². The third kappa shape index (κ3) is 5.05. The molecule has 0 fully saturated rings. The second-order valence-corrected chi connectivity index (χ2v) is 7.59. The second-order valence-electron chi connectivity index (χ2n) is 4.37. The third-order valence-corrected chi connectivity index (χ3v) is 5.84. The largest absolute Gasteiger partial charge is 0.484 e. The van der Waals surface area contributed by atoms with Gasteiger partial charge in [-0.2, -0.15) is 0 Å². The van der Waals surface area contributed by atoms with Crippen LogP contribution in [0.15, 0.2) is 43.7 Å². The summed E-state index contributed by atoms with van der Waals surface area (Å²) in [6.07, 6.45) is 0. The number of nitrogens with zero attached hydrogens (tertiary/aromatic N) is 1. The Bertz CT molecular complexity index is 770. The van der Waals surface area contributed by atoms with E-state index in [-0.39, 0.29) is 12.4 Å². The molecule has 1 aromatic heterocycles. The van der Waals surface area contributed by atoms with Crippen molar-refractivity contribution in [3.63, 3.8) is 0 Å². The highest BCUT2D eigenvalue weighted by molar-refractivity contribution is 9.13. The Labute approximate surface area is 157 Å². The van der Waals surface area contributed by atoms with Crippen LogP contribution in [-0.2, 0) is 9.63 Å². The number of oxime groups is 1. The van der Waals surface area contributed by atoms with Gasteiger partial charge in [0.2, 0.25) is 0 Å². The molecule has 2 aromatic rings. The molecule has 7 nitrogen and oxygen atoms in total. The van der Waals surface area contributed by atoms with Crippen LogP contribution in [0.4, 0.5) is 0 Å². The average Bonchev–Trinajstić information content (AvgIpc) is 2.90. The second kappa shape index (κ2) is 8.27. The van der Waals surface area contributed by atoms with Crippen molar-refractivity contribution in [1.29, 1.82) is 0 Å². The van der Waals surface area contributed by atoms with E-state index < -0.39 is 11.9 Å². The van der Waals surface area contributed by atoms with Crippen LogP contribution in [0.1, 0.15) is 15.2 Å². The van der Waals surface area contributed by atoms with E-state index in [2.05, 4.69) is 37.0 Å². The molecule has 0 spiro atoms. The minimum Gasteiger partial charge on any atom is -0.484 e. The van der Waals surface area contributed by atoms with E-state index in [1.165, 1.54) is 11.3 Å². The topological polar surface area (TPSA) is 117 Å². The molecule has 1 amide bonds. The number of benzene rings is 1. The third-order valence-electron chi connectivity index (χ3n) is 2.60. The van der Waals surface area contributed by atoms with Gasteiger partial charge in [-0.15, -0.1) is 11.3 Å². The molecule has 4 N–H and O–H groups in total. The van der Waals surface area contributed by atoms with Crippen LogP contribution < -0.4 is 16.2 Å². The van der Waals surface area contributed by atoms with Gasteiger partial charge in [0.15, 0.2) is 12.4 Å². The molecule has 0 aliphatic heterocycles. The predicted octanol–water partition coefficient (Wildman–Crippen LogP) is 2.61. The van der Waals surface area contributed by atoms with Crippen molar-refractivity contribution >= 4 is 60.9 Å². The molecular formula is C14H11Br2N3O4S. The number of carbonyl (C=O) groups is 2. The molecular weight excluding hydrogens is 466 g/mol. The molecule has 1 heterocycles. The lowest BCUT2D eigenvalue weighted by Gasteiger charge is -2.05. The number of thiophene rings is 1. The minimum atomic E-state index is -0.615. The molecule has 2 rings (SSSR count). The van der Waals surface area contributed by atoms with E-state index in [1.54, 1.807) is 30.3 Å². The highest BCUT2D eigenvalue weighted by atomic mass is 79.9. The van der Waals surface area contributed by atoms with Crippen LogP contribution in [0.2, 0.25) is 0 Å². The summed E-state index contributed by atoms with van der Waals surface area (Å²) in [6.45, 7) is -0.216. The Morgan fingerprint density at radius 1 is 1.17 bits per heavy atom. The van der Waals surface area contributed by atoms with Crippen LogP contribution in [0, 0.1) is 0 Å². The Balaban J connectivity index is 1.99. The Morgan fingerprint density at radius 3 is 2.38 bits per heavy atom. The monoisotopic (exact) mass is 475 g/mol. The van der Waals surface area contributed by atoms with Crippen molar-refractivity contribution in [3.05, 3.63) is 49.0 Å². The number of halogens is 2. The van der Waals surface area contributed by atoms with E-state index in [1.807, 2.05) is 0 Å². The summed E-state index contributed by atoms with van der Waals surface area (Å²) < 4.78 is 6.65. The Hall–Kier alpha value is -1.91. The van der Waals surface area contributed by atoms with Gasteiger partial charge in [-0.05, 0) is 62.2 Å². The maximum Gasteiger partial charge on any atom is 0.375 e. The number of amidine groups is 1. The van der Waals surface area contributed by atoms with Crippen molar-refractivity contribution in [2.75, 3.05) is 6.61 Å². The zero-order chi connectivity index (χ0) is 17.7. The molecule has 10 heteroatoms. The molecule has 0 saturated carbocycles. The van der Waals surface area contributed by atoms with Gasteiger partial charge in [0.1, 0.15) is 10.6 Å². The van der Waals surface area contributed by atoms with Gasteiger partial charge >= 0.3 is 5.97 Å². The molecule has 0 bridgehead atoms. The zero-order valence-electron chi connectivity index (χ0n) is 12.0. The van der Waals surface area contributed by atoms with Gasteiger partial charge in [-0.3, -0.25) is 4.79 Å². The summed E-state index contributed by atoms with van der Waals surface area (Å²) in [7, 11) is 0. The first-order valence-electron chi connectivity index (χ1n) is 6.38. The van der Waals surface area contributed by atoms with Crippen molar-refractivity contribution in [3.8, 4) is 5.75 Å². The number of nitrogens with two attached hydrogens (primary N) is 2.